The van der Waals surface area contributed by atoms with Gasteiger partial charge in [-0.15, -0.1) is 0 Å². The minimum Gasteiger partial charge on any atom is -0.453 e. The first-order chi connectivity index (χ1) is 7.20. The van der Waals surface area contributed by atoms with Gasteiger partial charge in [0.2, 0.25) is 5.78 Å². The summed E-state index contributed by atoms with van der Waals surface area (Å²) < 4.78 is 5.34. The van der Waals surface area contributed by atoms with Crippen LogP contribution >= 0.6 is 0 Å². The van der Waals surface area contributed by atoms with Crippen molar-refractivity contribution in [3.05, 3.63) is 35.6 Å². The Labute approximate surface area is 86.9 Å². The van der Waals surface area contributed by atoms with Crippen molar-refractivity contribution in [2.75, 3.05) is 0 Å². The predicted molar refractivity (Wildman–Crippen MR) is 55.5 cm³/mol. The molecule has 0 aliphatic carbocycles. The van der Waals surface area contributed by atoms with Crippen molar-refractivity contribution in [1.29, 1.82) is 5.26 Å². The van der Waals surface area contributed by atoms with Crippen molar-refractivity contribution in [3.8, 4) is 6.07 Å². The number of carbonyl (C=O) groups excluding carboxylic acids is 1. The molecule has 1 aromatic heterocycles. The lowest BCUT2D eigenvalue weighted by molar-refractivity contribution is 0.0973. The Morgan fingerprint density at radius 3 is 3.00 bits per heavy atom. The van der Waals surface area contributed by atoms with Crippen molar-refractivity contribution >= 4 is 16.8 Å². The van der Waals surface area contributed by atoms with E-state index in [1.54, 1.807) is 6.07 Å². The van der Waals surface area contributed by atoms with E-state index in [1.165, 1.54) is 0 Å². The maximum atomic E-state index is 11.4. The van der Waals surface area contributed by atoms with Gasteiger partial charge in [0.1, 0.15) is 12.0 Å². The first-order valence-corrected chi connectivity index (χ1v) is 4.61. The van der Waals surface area contributed by atoms with Crippen LogP contribution in [0.2, 0.25) is 0 Å². The Hall–Kier alpha value is -2.08. The van der Waals surface area contributed by atoms with Crippen LogP contribution in [0.5, 0.6) is 0 Å². The minimum atomic E-state index is -0.272. The number of furan rings is 1. The van der Waals surface area contributed by atoms with Crippen LogP contribution in [0.4, 0.5) is 0 Å². The molecule has 1 aromatic carbocycles. The van der Waals surface area contributed by atoms with Gasteiger partial charge in [0.25, 0.3) is 0 Å². The van der Waals surface area contributed by atoms with Gasteiger partial charge < -0.3 is 4.42 Å². The Balaban J connectivity index is 2.48. The van der Waals surface area contributed by atoms with Gasteiger partial charge in [-0.05, 0) is 25.1 Å². The highest BCUT2D eigenvalue weighted by Crippen LogP contribution is 2.21. The number of aryl methyl sites for hydroxylation is 1. The highest BCUT2D eigenvalue weighted by Gasteiger charge is 2.11. The maximum Gasteiger partial charge on any atom is 0.212 e. The quantitative estimate of drug-likeness (QED) is 0.699. The number of rotatable bonds is 2. The van der Waals surface area contributed by atoms with E-state index in [1.807, 2.05) is 31.2 Å². The zero-order valence-electron chi connectivity index (χ0n) is 8.28. The predicted octanol–water partition coefficient (Wildman–Crippen LogP) is 2.84. The largest absolute Gasteiger partial charge is 0.453 e. The zero-order chi connectivity index (χ0) is 10.8. The number of ketones is 1. The molecular weight excluding hydrogens is 190 g/mol. The number of nitriles is 1. The van der Waals surface area contributed by atoms with Crippen LogP contribution in [0.3, 0.4) is 0 Å². The smallest absolute Gasteiger partial charge is 0.212 e. The van der Waals surface area contributed by atoms with Gasteiger partial charge in [-0.2, -0.15) is 5.26 Å². The average Bonchev–Trinajstić information content (AvgIpc) is 2.60. The number of hydrogen-bond donors (Lipinski definition) is 0. The molecule has 0 bridgehead atoms. The molecule has 15 heavy (non-hydrogen) atoms. The van der Waals surface area contributed by atoms with E-state index in [4.69, 9.17) is 9.68 Å². The van der Waals surface area contributed by atoms with Crippen molar-refractivity contribution in [1.82, 2.24) is 0 Å². The average molecular weight is 199 g/mol. The van der Waals surface area contributed by atoms with Crippen LogP contribution in [0.15, 0.2) is 28.7 Å². The molecule has 0 aliphatic heterocycles. The molecule has 0 N–H and O–H groups in total. The summed E-state index contributed by atoms with van der Waals surface area (Å²) in [5.41, 5.74) is 1.80. The first kappa shape index (κ1) is 9.47. The molecule has 0 unspecified atom stereocenters. The molecule has 0 saturated heterocycles. The molecule has 0 amide bonds. The monoisotopic (exact) mass is 199 g/mol. The van der Waals surface area contributed by atoms with Crippen LogP contribution in [0.25, 0.3) is 11.0 Å². The van der Waals surface area contributed by atoms with Gasteiger partial charge >= 0.3 is 0 Å². The molecule has 0 radical (unpaired) electrons. The summed E-state index contributed by atoms with van der Waals surface area (Å²) in [7, 11) is 0. The number of hydrogen-bond acceptors (Lipinski definition) is 3. The molecule has 0 aliphatic rings. The lowest BCUT2D eigenvalue weighted by Gasteiger charge is -1.89. The first-order valence-electron chi connectivity index (χ1n) is 4.61. The van der Waals surface area contributed by atoms with E-state index in [2.05, 4.69) is 0 Å². The topological polar surface area (TPSA) is 54.0 Å². The Morgan fingerprint density at radius 1 is 1.47 bits per heavy atom. The molecule has 0 fully saturated rings. The van der Waals surface area contributed by atoms with E-state index in [9.17, 15) is 4.79 Å². The van der Waals surface area contributed by atoms with Gasteiger partial charge in [-0.25, -0.2) is 0 Å². The maximum absolute atomic E-state index is 11.4. The normalized spacial score (nSPS) is 10.1. The number of fused-ring (bicyclic) bond motifs is 1. The second-order valence-electron chi connectivity index (χ2n) is 3.41. The molecule has 0 atom stereocenters. The lowest BCUT2D eigenvalue weighted by Crippen LogP contribution is -1.93. The van der Waals surface area contributed by atoms with E-state index in [0.717, 1.165) is 10.9 Å². The Kier molecular flexibility index (Phi) is 2.26. The highest BCUT2D eigenvalue weighted by atomic mass is 16.3. The number of benzene rings is 1. The van der Waals surface area contributed by atoms with Gasteiger partial charge in [0.15, 0.2) is 5.76 Å². The van der Waals surface area contributed by atoms with Crippen LogP contribution in [-0.4, -0.2) is 5.78 Å². The Bertz CT molecular complexity index is 560. The van der Waals surface area contributed by atoms with E-state index >= 15 is 0 Å². The molecule has 1 heterocycles. The van der Waals surface area contributed by atoms with E-state index in [-0.39, 0.29) is 18.0 Å². The van der Waals surface area contributed by atoms with Crippen molar-refractivity contribution in [2.45, 2.75) is 13.3 Å². The second kappa shape index (κ2) is 3.58. The van der Waals surface area contributed by atoms with Crippen LogP contribution < -0.4 is 0 Å². The van der Waals surface area contributed by atoms with Gasteiger partial charge in [0, 0.05) is 5.39 Å². The fourth-order valence-corrected chi connectivity index (χ4v) is 1.46. The van der Waals surface area contributed by atoms with Crippen molar-refractivity contribution in [2.24, 2.45) is 0 Å². The summed E-state index contributed by atoms with van der Waals surface area (Å²) in [5.74, 6) is -0.0106. The molecule has 2 aromatic rings. The fraction of sp³-hybridized carbons (Fsp3) is 0.167. The summed E-state index contributed by atoms with van der Waals surface area (Å²) in [4.78, 5) is 11.4. The summed E-state index contributed by atoms with van der Waals surface area (Å²) in [5, 5.41) is 9.30. The number of nitrogens with zero attached hydrogens (tertiary/aromatic N) is 1. The lowest BCUT2D eigenvalue weighted by atomic mass is 10.1. The standard InChI is InChI=1S/C12H9NO2/c1-8-2-3-11-9(6-8)7-12(15-11)10(14)4-5-13/h2-3,6-7H,4H2,1H3. The SMILES string of the molecule is Cc1ccc2oc(C(=O)CC#N)cc2c1. The highest BCUT2D eigenvalue weighted by molar-refractivity contribution is 5.98. The summed E-state index contributed by atoms with van der Waals surface area (Å²) in [6.07, 6.45) is -0.140. The third kappa shape index (κ3) is 1.75. The zero-order valence-corrected chi connectivity index (χ0v) is 8.28. The Morgan fingerprint density at radius 2 is 2.27 bits per heavy atom. The molecule has 3 nitrogen and oxygen atoms in total. The van der Waals surface area contributed by atoms with Crippen LogP contribution in [-0.2, 0) is 0 Å². The van der Waals surface area contributed by atoms with Crippen molar-refractivity contribution in [3.63, 3.8) is 0 Å². The molecular formula is C12H9NO2. The summed E-state index contributed by atoms with van der Waals surface area (Å²) >= 11 is 0. The third-order valence-electron chi connectivity index (χ3n) is 2.19. The fourth-order valence-electron chi connectivity index (χ4n) is 1.46. The van der Waals surface area contributed by atoms with Crippen LogP contribution in [0, 0.1) is 18.3 Å². The summed E-state index contributed by atoms with van der Waals surface area (Å²) in [6, 6.07) is 9.19. The van der Waals surface area contributed by atoms with E-state index < -0.39 is 0 Å². The van der Waals surface area contributed by atoms with Gasteiger partial charge in [-0.3, -0.25) is 4.79 Å². The van der Waals surface area contributed by atoms with Gasteiger partial charge in [-0.1, -0.05) is 11.6 Å². The number of carbonyl (C=O) groups is 1. The third-order valence-corrected chi connectivity index (χ3v) is 2.19. The molecule has 0 spiro atoms. The van der Waals surface area contributed by atoms with Crippen LogP contribution in [0.1, 0.15) is 22.5 Å². The second-order valence-corrected chi connectivity index (χ2v) is 3.41. The molecule has 3 heteroatoms. The molecule has 0 saturated carbocycles. The molecule has 74 valence electrons. The summed E-state index contributed by atoms with van der Waals surface area (Å²) in [6.45, 7) is 1.98. The van der Waals surface area contributed by atoms with Crippen molar-refractivity contribution < 1.29 is 9.21 Å². The molecule has 2 rings (SSSR count). The van der Waals surface area contributed by atoms with Gasteiger partial charge in [0.05, 0.1) is 6.07 Å². The minimum absolute atomic E-state index is 0.140. The van der Waals surface area contributed by atoms with E-state index in [0.29, 0.717) is 5.58 Å². The number of Topliss-reactive ketones (excluding diaryl/α,β-unsaturated/α-hetero) is 1.